The number of nitrogens with one attached hydrogen (secondary N) is 1. The zero-order valence-corrected chi connectivity index (χ0v) is 19.4. The predicted octanol–water partition coefficient (Wildman–Crippen LogP) is 5.30. The molecule has 0 spiro atoms. The van der Waals surface area contributed by atoms with E-state index >= 15 is 0 Å². The minimum absolute atomic E-state index is 0.170. The maximum absolute atomic E-state index is 12.4. The molecule has 1 N–H and O–H groups in total. The van der Waals surface area contributed by atoms with Crippen LogP contribution in [-0.4, -0.2) is 32.6 Å². The Morgan fingerprint density at radius 3 is 2.30 bits per heavy atom. The van der Waals surface area contributed by atoms with Gasteiger partial charge in [-0.05, 0) is 29.2 Å². The van der Waals surface area contributed by atoms with E-state index in [9.17, 15) is 4.79 Å². The molecular weight excluding hydrogens is 430 g/mol. The Kier molecular flexibility index (Phi) is 7.32. The number of hydrogen-bond donors (Lipinski definition) is 1. The molecule has 6 nitrogen and oxygen atoms in total. The van der Waals surface area contributed by atoms with E-state index < -0.39 is 0 Å². The van der Waals surface area contributed by atoms with Crippen molar-refractivity contribution in [2.75, 3.05) is 5.75 Å². The lowest BCUT2D eigenvalue weighted by Gasteiger charge is -2.10. The molecule has 4 rings (SSSR count). The molecule has 0 fully saturated rings. The van der Waals surface area contributed by atoms with Crippen LogP contribution in [0.4, 0.5) is 0 Å². The summed E-state index contributed by atoms with van der Waals surface area (Å²) in [6, 6.07) is 27.9. The Balaban J connectivity index is 1.44. The van der Waals surface area contributed by atoms with Gasteiger partial charge in [0, 0.05) is 11.3 Å². The number of thioether (sulfide) groups is 1. The Morgan fingerprint density at radius 2 is 1.64 bits per heavy atom. The molecule has 0 saturated carbocycles. The number of carbonyl (C=O) groups excluding carboxylic acids is 1. The summed E-state index contributed by atoms with van der Waals surface area (Å²) in [5.74, 6) is 1.17. The highest BCUT2D eigenvalue weighted by Gasteiger charge is 2.17. The Labute approximate surface area is 197 Å². The van der Waals surface area contributed by atoms with Gasteiger partial charge >= 0.3 is 0 Å². The summed E-state index contributed by atoms with van der Waals surface area (Å²) in [7, 11) is 0. The maximum Gasteiger partial charge on any atom is 0.250 e. The molecule has 33 heavy (non-hydrogen) atoms. The number of aromatic nitrogens is 3. The summed E-state index contributed by atoms with van der Waals surface area (Å²) in [6.07, 6.45) is 1.65. The Bertz CT molecular complexity index is 1220. The number of rotatable bonds is 8. The number of nitrogens with zero attached hydrogens (tertiary/aromatic N) is 4. The molecule has 1 aromatic heterocycles. The molecule has 166 valence electrons. The second-order valence-corrected chi connectivity index (χ2v) is 8.69. The number of amides is 1. The lowest BCUT2D eigenvalue weighted by Crippen LogP contribution is -2.20. The molecule has 1 amide bonds. The van der Waals surface area contributed by atoms with Crippen molar-refractivity contribution < 1.29 is 4.79 Å². The highest BCUT2D eigenvalue weighted by atomic mass is 32.2. The van der Waals surface area contributed by atoms with Crippen LogP contribution in [0.3, 0.4) is 0 Å². The molecule has 0 unspecified atom stereocenters. The van der Waals surface area contributed by atoms with Crippen molar-refractivity contribution in [2.45, 2.75) is 24.9 Å². The monoisotopic (exact) mass is 455 g/mol. The first kappa shape index (κ1) is 22.5. The molecule has 4 aromatic rings. The number of hydrazone groups is 1. The Morgan fingerprint density at radius 1 is 0.970 bits per heavy atom. The smallest absolute Gasteiger partial charge is 0.250 e. The number of para-hydroxylation sites is 1. The summed E-state index contributed by atoms with van der Waals surface area (Å²) in [6.45, 7) is 4.31. The minimum Gasteiger partial charge on any atom is -0.272 e. The second kappa shape index (κ2) is 10.7. The van der Waals surface area contributed by atoms with Gasteiger partial charge in [0.2, 0.25) is 0 Å². The van der Waals surface area contributed by atoms with E-state index in [1.165, 1.54) is 17.3 Å². The number of hydrogen-bond acceptors (Lipinski definition) is 5. The van der Waals surface area contributed by atoms with E-state index in [0.29, 0.717) is 11.1 Å². The van der Waals surface area contributed by atoms with Crippen molar-refractivity contribution in [3.8, 4) is 17.1 Å². The third-order valence-corrected chi connectivity index (χ3v) is 5.95. The highest BCUT2D eigenvalue weighted by Crippen LogP contribution is 2.27. The van der Waals surface area contributed by atoms with Crippen LogP contribution in [0.2, 0.25) is 0 Å². The third kappa shape index (κ3) is 5.75. The molecule has 0 aliphatic heterocycles. The molecule has 0 bridgehead atoms. The van der Waals surface area contributed by atoms with Gasteiger partial charge in [-0.3, -0.25) is 9.36 Å². The van der Waals surface area contributed by atoms with Gasteiger partial charge in [-0.25, -0.2) is 5.43 Å². The van der Waals surface area contributed by atoms with Crippen LogP contribution in [0, 0.1) is 0 Å². The summed E-state index contributed by atoms with van der Waals surface area (Å²) in [5, 5.41) is 13.5. The van der Waals surface area contributed by atoms with Crippen LogP contribution in [0.25, 0.3) is 17.1 Å². The van der Waals surface area contributed by atoms with E-state index in [1.54, 1.807) is 6.21 Å². The average molecular weight is 456 g/mol. The van der Waals surface area contributed by atoms with Crippen LogP contribution >= 0.6 is 11.8 Å². The van der Waals surface area contributed by atoms with Crippen molar-refractivity contribution in [3.63, 3.8) is 0 Å². The van der Waals surface area contributed by atoms with Gasteiger partial charge in [-0.1, -0.05) is 98.4 Å². The standard InChI is InChI=1S/C26H25N5OS/c1-19(2)21-15-13-20(14-16-21)17-27-28-24(32)18-33-26-30-29-25(22-9-5-3-6-10-22)31(26)23-11-7-4-8-12-23/h3-17,19H,18H2,1-2H3,(H,28,32). The van der Waals surface area contributed by atoms with Crippen molar-refractivity contribution in [3.05, 3.63) is 96.1 Å². The number of carbonyl (C=O) groups is 1. The second-order valence-electron chi connectivity index (χ2n) is 7.75. The molecular formula is C26H25N5OS. The van der Waals surface area contributed by atoms with E-state index in [1.807, 2.05) is 77.4 Å². The summed E-state index contributed by atoms with van der Waals surface area (Å²) in [5.41, 5.74) is 6.69. The lowest BCUT2D eigenvalue weighted by molar-refractivity contribution is -0.118. The van der Waals surface area contributed by atoms with Gasteiger partial charge < -0.3 is 0 Å². The molecule has 0 atom stereocenters. The fourth-order valence-electron chi connectivity index (χ4n) is 3.26. The van der Waals surface area contributed by atoms with E-state index in [4.69, 9.17) is 0 Å². The summed E-state index contributed by atoms with van der Waals surface area (Å²) in [4.78, 5) is 12.4. The molecule has 1 heterocycles. The van der Waals surface area contributed by atoms with Crippen molar-refractivity contribution in [1.29, 1.82) is 0 Å². The molecule has 0 aliphatic rings. The predicted molar refractivity (Wildman–Crippen MR) is 134 cm³/mol. The van der Waals surface area contributed by atoms with Crippen molar-refractivity contribution in [2.24, 2.45) is 5.10 Å². The van der Waals surface area contributed by atoms with Gasteiger partial charge in [0.05, 0.1) is 12.0 Å². The SMILES string of the molecule is CC(C)c1ccc(C=NNC(=O)CSc2nnc(-c3ccccc3)n2-c2ccccc2)cc1. The molecule has 0 aliphatic carbocycles. The van der Waals surface area contributed by atoms with Crippen LogP contribution in [0.15, 0.2) is 95.2 Å². The average Bonchev–Trinajstić information content (AvgIpc) is 3.28. The molecule has 0 saturated heterocycles. The van der Waals surface area contributed by atoms with Gasteiger partial charge in [0.1, 0.15) is 0 Å². The molecule has 0 radical (unpaired) electrons. The largest absolute Gasteiger partial charge is 0.272 e. The van der Waals surface area contributed by atoms with E-state index in [0.717, 1.165) is 22.6 Å². The zero-order valence-electron chi connectivity index (χ0n) is 18.6. The topological polar surface area (TPSA) is 72.2 Å². The summed E-state index contributed by atoms with van der Waals surface area (Å²) < 4.78 is 1.97. The van der Waals surface area contributed by atoms with Gasteiger partial charge in [-0.2, -0.15) is 5.10 Å². The van der Waals surface area contributed by atoms with Crippen LogP contribution in [0.5, 0.6) is 0 Å². The first-order valence-electron chi connectivity index (χ1n) is 10.7. The van der Waals surface area contributed by atoms with Crippen molar-refractivity contribution >= 4 is 23.9 Å². The fraction of sp³-hybridized carbons (Fsp3) is 0.154. The molecule has 7 heteroatoms. The van der Waals surface area contributed by atoms with Crippen molar-refractivity contribution in [1.82, 2.24) is 20.2 Å². The van der Waals surface area contributed by atoms with Gasteiger partial charge in [0.15, 0.2) is 11.0 Å². The zero-order chi connectivity index (χ0) is 23.0. The van der Waals surface area contributed by atoms with Crippen LogP contribution in [0.1, 0.15) is 30.9 Å². The third-order valence-electron chi connectivity index (χ3n) is 5.02. The fourth-order valence-corrected chi connectivity index (χ4v) is 4.00. The quantitative estimate of drug-likeness (QED) is 0.222. The minimum atomic E-state index is -0.209. The van der Waals surface area contributed by atoms with E-state index in [2.05, 4.69) is 46.7 Å². The first-order valence-corrected chi connectivity index (χ1v) is 11.7. The first-order chi connectivity index (χ1) is 16.1. The maximum atomic E-state index is 12.4. The molecule has 3 aromatic carbocycles. The van der Waals surface area contributed by atoms with Crippen LogP contribution in [-0.2, 0) is 4.79 Å². The van der Waals surface area contributed by atoms with Gasteiger partial charge in [0.25, 0.3) is 5.91 Å². The van der Waals surface area contributed by atoms with E-state index in [-0.39, 0.29) is 11.7 Å². The van der Waals surface area contributed by atoms with Crippen LogP contribution < -0.4 is 5.43 Å². The number of benzene rings is 3. The highest BCUT2D eigenvalue weighted by molar-refractivity contribution is 7.99. The summed E-state index contributed by atoms with van der Waals surface area (Å²) >= 11 is 1.32. The van der Waals surface area contributed by atoms with Gasteiger partial charge in [-0.15, -0.1) is 10.2 Å². The lowest BCUT2D eigenvalue weighted by atomic mass is 10.0. The normalized spacial score (nSPS) is 11.2. The Hall–Kier alpha value is -3.71.